The van der Waals surface area contributed by atoms with Gasteiger partial charge < -0.3 is 10.1 Å². The number of nitrogens with one attached hydrogen (secondary N) is 1. The van der Waals surface area contributed by atoms with E-state index in [-0.39, 0.29) is 29.3 Å². The van der Waals surface area contributed by atoms with Crippen molar-refractivity contribution in [2.45, 2.75) is 37.8 Å². The molecule has 0 bridgehead atoms. The Morgan fingerprint density at radius 2 is 1.81 bits per heavy atom. The number of carbonyl (C=O) groups excluding carboxylic acids is 1. The molecule has 2 rings (SSSR count). The summed E-state index contributed by atoms with van der Waals surface area (Å²) in [6.45, 7) is 5.78. The molecule has 1 atom stereocenters. The molecule has 7 heteroatoms. The summed E-state index contributed by atoms with van der Waals surface area (Å²) in [5, 5.41) is 14.0. The molecule has 0 saturated heterocycles. The Labute approximate surface area is 157 Å². The molecule has 0 heterocycles. The highest BCUT2D eigenvalue weighted by atomic mass is 32.2. The van der Waals surface area contributed by atoms with Gasteiger partial charge in [0.15, 0.2) is 0 Å². The van der Waals surface area contributed by atoms with Crippen molar-refractivity contribution in [3.05, 3.63) is 63.7 Å². The third-order valence-electron chi connectivity index (χ3n) is 3.74. The lowest BCUT2D eigenvalue weighted by Crippen LogP contribution is -2.26. The molecular formula is C19H22N2O4S. The van der Waals surface area contributed by atoms with Crippen molar-refractivity contribution in [3.63, 3.8) is 0 Å². The summed E-state index contributed by atoms with van der Waals surface area (Å²) in [5.41, 5.74) is 1.12. The van der Waals surface area contributed by atoms with Crippen molar-refractivity contribution in [1.82, 2.24) is 5.32 Å². The fourth-order valence-electron chi connectivity index (χ4n) is 2.44. The van der Waals surface area contributed by atoms with Crippen LogP contribution in [0.2, 0.25) is 0 Å². The van der Waals surface area contributed by atoms with E-state index in [1.807, 2.05) is 45.0 Å². The van der Waals surface area contributed by atoms with Gasteiger partial charge in [0.25, 0.3) is 11.6 Å². The van der Waals surface area contributed by atoms with Gasteiger partial charge in [0.1, 0.15) is 5.75 Å². The Hall–Kier alpha value is -2.54. The Morgan fingerprint density at radius 1 is 1.15 bits per heavy atom. The van der Waals surface area contributed by atoms with Gasteiger partial charge in [0.2, 0.25) is 0 Å². The number of benzene rings is 2. The number of hydrogen-bond donors (Lipinski definition) is 1. The summed E-state index contributed by atoms with van der Waals surface area (Å²) in [6, 6.07) is 11.8. The van der Waals surface area contributed by atoms with Crippen LogP contribution in [0.15, 0.2) is 47.4 Å². The Morgan fingerprint density at radius 3 is 2.35 bits per heavy atom. The highest BCUT2D eigenvalue weighted by Gasteiger charge is 2.18. The molecule has 2 aromatic carbocycles. The normalized spacial score (nSPS) is 11.9. The van der Waals surface area contributed by atoms with Gasteiger partial charge in [-0.05, 0) is 56.9 Å². The zero-order chi connectivity index (χ0) is 19.3. The number of thioether (sulfide) groups is 1. The van der Waals surface area contributed by atoms with E-state index in [0.717, 1.165) is 11.3 Å². The van der Waals surface area contributed by atoms with E-state index in [1.165, 1.54) is 17.8 Å². The van der Waals surface area contributed by atoms with Gasteiger partial charge in [-0.1, -0.05) is 12.1 Å². The smallest absolute Gasteiger partial charge is 0.283 e. The predicted octanol–water partition coefficient (Wildman–Crippen LogP) is 4.59. The summed E-state index contributed by atoms with van der Waals surface area (Å²) in [7, 11) is 0. The van der Waals surface area contributed by atoms with Crippen molar-refractivity contribution < 1.29 is 14.5 Å². The van der Waals surface area contributed by atoms with E-state index in [4.69, 9.17) is 4.74 Å². The summed E-state index contributed by atoms with van der Waals surface area (Å²) >= 11 is 1.28. The molecule has 1 unspecified atom stereocenters. The average molecular weight is 374 g/mol. The number of rotatable bonds is 7. The molecule has 1 amide bonds. The first kappa shape index (κ1) is 19.8. The van der Waals surface area contributed by atoms with Gasteiger partial charge in [-0.2, -0.15) is 0 Å². The molecule has 0 radical (unpaired) electrons. The SMILES string of the molecule is CSc1ccc(C(=O)NC(C)c2ccc(OC(C)C)cc2)cc1[N+](=O)[O-]. The van der Waals surface area contributed by atoms with Crippen LogP contribution in [0.25, 0.3) is 0 Å². The van der Waals surface area contributed by atoms with Crippen molar-refractivity contribution in [1.29, 1.82) is 0 Å². The fourth-order valence-corrected chi connectivity index (χ4v) is 2.99. The fraction of sp³-hybridized carbons (Fsp3) is 0.316. The molecule has 6 nitrogen and oxygen atoms in total. The molecule has 0 spiro atoms. The monoisotopic (exact) mass is 374 g/mol. The highest BCUT2D eigenvalue weighted by molar-refractivity contribution is 7.98. The molecule has 2 aromatic rings. The van der Waals surface area contributed by atoms with Crippen LogP contribution in [-0.4, -0.2) is 23.2 Å². The zero-order valence-corrected chi connectivity index (χ0v) is 16.0. The Kier molecular flexibility index (Phi) is 6.63. The van der Waals surface area contributed by atoms with Crippen LogP contribution in [0.4, 0.5) is 5.69 Å². The maximum absolute atomic E-state index is 12.5. The zero-order valence-electron chi connectivity index (χ0n) is 15.2. The Balaban J connectivity index is 2.11. The van der Waals surface area contributed by atoms with Gasteiger partial charge in [0, 0.05) is 11.6 Å². The van der Waals surface area contributed by atoms with Gasteiger partial charge in [0.05, 0.1) is 22.0 Å². The lowest BCUT2D eigenvalue weighted by Gasteiger charge is -2.16. The molecule has 26 heavy (non-hydrogen) atoms. The van der Waals surface area contributed by atoms with E-state index in [0.29, 0.717) is 4.90 Å². The lowest BCUT2D eigenvalue weighted by molar-refractivity contribution is -0.387. The first-order valence-corrected chi connectivity index (χ1v) is 9.44. The Bertz CT molecular complexity index is 791. The quantitative estimate of drug-likeness (QED) is 0.435. The largest absolute Gasteiger partial charge is 0.491 e. The maximum Gasteiger partial charge on any atom is 0.283 e. The topological polar surface area (TPSA) is 81.5 Å². The highest BCUT2D eigenvalue weighted by Crippen LogP contribution is 2.28. The molecule has 0 fully saturated rings. The minimum atomic E-state index is -0.473. The molecule has 0 aliphatic heterocycles. The van der Waals surface area contributed by atoms with Gasteiger partial charge in [-0.3, -0.25) is 14.9 Å². The number of amides is 1. The van der Waals surface area contributed by atoms with Crippen LogP contribution in [0, 0.1) is 10.1 Å². The molecule has 138 valence electrons. The first-order chi connectivity index (χ1) is 12.3. The summed E-state index contributed by atoms with van der Waals surface area (Å²) in [5.74, 6) is 0.418. The predicted molar refractivity (Wildman–Crippen MR) is 103 cm³/mol. The van der Waals surface area contributed by atoms with Gasteiger partial charge >= 0.3 is 0 Å². The maximum atomic E-state index is 12.5. The first-order valence-electron chi connectivity index (χ1n) is 8.21. The minimum absolute atomic E-state index is 0.0620. The van der Waals surface area contributed by atoms with Crippen molar-refractivity contribution in [2.75, 3.05) is 6.26 Å². The van der Waals surface area contributed by atoms with Crippen LogP contribution in [0.5, 0.6) is 5.75 Å². The third-order valence-corrected chi connectivity index (χ3v) is 4.52. The van der Waals surface area contributed by atoms with E-state index in [9.17, 15) is 14.9 Å². The molecule has 0 aliphatic rings. The number of nitro benzene ring substituents is 1. The van der Waals surface area contributed by atoms with Gasteiger partial charge in [-0.15, -0.1) is 11.8 Å². The molecule has 1 N–H and O–H groups in total. The lowest BCUT2D eigenvalue weighted by atomic mass is 10.1. The van der Waals surface area contributed by atoms with Crippen molar-refractivity contribution >= 4 is 23.4 Å². The second kappa shape index (κ2) is 8.71. The van der Waals surface area contributed by atoms with E-state index in [2.05, 4.69) is 5.32 Å². The van der Waals surface area contributed by atoms with E-state index < -0.39 is 4.92 Å². The average Bonchev–Trinajstić information content (AvgIpc) is 2.61. The van der Waals surface area contributed by atoms with Gasteiger partial charge in [-0.25, -0.2) is 0 Å². The number of ether oxygens (including phenoxy) is 1. The summed E-state index contributed by atoms with van der Waals surface area (Å²) < 4.78 is 5.60. The minimum Gasteiger partial charge on any atom is -0.491 e. The second-order valence-corrected chi connectivity index (χ2v) is 6.92. The molecule has 0 saturated carbocycles. The van der Waals surface area contributed by atoms with Crippen LogP contribution in [-0.2, 0) is 0 Å². The number of carbonyl (C=O) groups is 1. The second-order valence-electron chi connectivity index (χ2n) is 6.07. The standard InChI is InChI=1S/C19H22N2O4S/c1-12(2)25-16-8-5-14(6-9-16)13(3)20-19(22)15-7-10-18(26-4)17(11-15)21(23)24/h5-13H,1-4H3,(H,20,22). The summed E-state index contributed by atoms with van der Waals surface area (Å²) in [4.78, 5) is 23.7. The van der Waals surface area contributed by atoms with Crippen molar-refractivity contribution in [2.24, 2.45) is 0 Å². The van der Waals surface area contributed by atoms with Crippen molar-refractivity contribution in [3.8, 4) is 5.75 Å². The van der Waals surface area contributed by atoms with Crippen LogP contribution in [0.1, 0.15) is 42.7 Å². The molecule has 0 aliphatic carbocycles. The number of nitrogens with zero attached hydrogens (tertiary/aromatic N) is 1. The molecule has 0 aromatic heterocycles. The van der Waals surface area contributed by atoms with E-state index in [1.54, 1.807) is 18.4 Å². The van der Waals surface area contributed by atoms with E-state index >= 15 is 0 Å². The molecular weight excluding hydrogens is 352 g/mol. The van der Waals surface area contributed by atoms with Crippen LogP contribution >= 0.6 is 11.8 Å². The van der Waals surface area contributed by atoms with Crippen LogP contribution in [0.3, 0.4) is 0 Å². The summed E-state index contributed by atoms with van der Waals surface area (Å²) in [6.07, 6.45) is 1.86. The number of nitro groups is 1. The number of hydrogen-bond acceptors (Lipinski definition) is 5. The van der Waals surface area contributed by atoms with Crippen LogP contribution < -0.4 is 10.1 Å². The third kappa shape index (κ3) is 4.98.